The minimum absolute atomic E-state index is 0.0209. The summed E-state index contributed by atoms with van der Waals surface area (Å²) in [6.07, 6.45) is 0.631. The number of benzene rings is 1. The number of amides is 2. The fourth-order valence-corrected chi connectivity index (χ4v) is 3.85. The Bertz CT molecular complexity index is 828. The SMILES string of the molecule is CC(OC(=O)CNC(=O)C(C)C)OC(=O)NC[C@@]1(c2ccccc2Cl)CCCCC1=O. The highest BCUT2D eigenvalue weighted by Gasteiger charge is 2.43. The van der Waals surface area contributed by atoms with Gasteiger partial charge in [0.25, 0.3) is 0 Å². The molecule has 0 radical (unpaired) electrons. The molecule has 0 saturated heterocycles. The summed E-state index contributed by atoms with van der Waals surface area (Å²) in [5, 5.41) is 5.51. The fourth-order valence-electron chi connectivity index (χ4n) is 3.54. The molecule has 0 bridgehead atoms. The Labute approximate surface area is 187 Å². The van der Waals surface area contributed by atoms with E-state index in [9.17, 15) is 19.2 Å². The Morgan fingerprint density at radius 3 is 2.45 bits per heavy atom. The molecule has 1 unspecified atom stereocenters. The number of nitrogens with one attached hydrogen (secondary N) is 2. The van der Waals surface area contributed by atoms with E-state index in [2.05, 4.69) is 10.6 Å². The number of alkyl carbamates (subject to hydrolysis) is 1. The average Bonchev–Trinajstić information content (AvgIpc) is 2.72. The third-order valence-corrected chi connectivity index (χ3v) is 5.55. The third-order valence-electron chi connectivity index (χ3n) is 5.22. The molecule has 31 heavy (non-hydrogen) atoms. The summed E-state index contributed by atoms with van der Waals surface area (Å²) < 4.78 is 10.0. The summed E-state index contributed by atoms with van der Waals surface area (Å²) in [6.45, 7) is 4.49. The van der Waals surface area contributed by atoms with Crippen LogP contribution in [-0.4, -0.2) is 43.1 Å². The van der Waals surface area contributed by atoms with Crippen LogP contribution in [0.15, 0.2) is 24.3 Å². The molecule has 8 nitrogen and oxygen atoms in total. The molecule has 2 atom stereocenters. The molecule has 9 heteroatoms. The first-order chi connectivity index (χ1) is 14.7. The maximum absolute atomic E-state index is 12.9. The summed E-state index contributed by atoms with van der Waals surface area (Å²) in [7, 11) is 0. The van der Waals surface area contributed by atoms with Crippen LogP contribution in [0, 0.1) is 5.92 Å². The number of ether oxygens (including phenoxy) is 2. The first kappa shape index (κ1) is 24.7. The summed E-state index contributed by atoms with van der Waals surface area (Å²) >= 11 is 6.36. The van der Waals surface area contributed by atoms with Crippen molar-refractivity contribution in [2.24, 2.45) is 5.92 Å². The van der Waals surface area contributed by atoms with Crippen molar-refractivity contribution in [2.45, 2.75) is 58.2 Å². The van der Waals surface area contributed by atoms with Crippen LogP contribution in [-0.2, 0) is 29.3 Å². The quantitative estimate of drug-likeness (QED) is 0.463. The molecule has 0 spiro atoms. The van der Waals surface area contributed by atoms with Gasteiger partial charge < -0.3 is 20.1 Å². The van der Waals surface area contributed by atoms with E-state index in [1.165, 1.54) is 6.92 Å². The maximum Gasteiger partial charge on any atom is 0.410 e. The molecule has 2 rings (SSSR count). The van der Waals surface area contributed by atoms with Crippen molar-refractivity contribution >= 4 is 35.4 Å². The van der Waals surface area contributed by atoms with Crippen molar-refractivity contribution in [1.82, 2.24) is 10.6 Å². The predicted molar refractivity (Wildman–Crippen MR) is 114 cm³/mol. The van der Waals surface area contributed by atoms with E-state index in [0.29, 0.717) is 23.4 Å². The van der Waals surface area contributed by atoms with Crippen LogP contribution in [0.1, 0.15) is 52.0 Å². The summed E-state index contributed by atoms with van der Waals surface area (Å²) in [6, 6.07) is 7.11. The summed E-state index contributed by atoms with van der Waals surface area (Å²) in [5.41, 5.74) is -0.238. The summed E-state index contributed by atoms with van der Waals surface area (Å²) in [5.74, 6) is -1.26. The molecular formula is C22H29ClN2O6. The smallest absolute Gasteiger partial charge is 0.410 e. The number of ketones is 1. The molecule has 0 aromatic heterocycles. The van der Waals surface area contributed by atoms with Crippen LogP contribution in [0.5, 0.6) is 0 Å². The van der Waals surface area contributed by atoms with Gasteiger partial charge >= 0.3 is 12.1 Å². The Hall–Kier alpha value is -2.61. The number of rotatable bonds is 8. The second-order valence-electron chi connectivity index (χ2n) is 7.88. The third kappa shape index (κ3) is 6.69. The van der Waals surface area contributed by atoms with Crippen LogP contribution in [0.4, 0.5) is 4.79 Å². The van der Waals surface area contributed by atoms with Crippen LogP contribution in [0.25, 0.3) is 0 Å². The first-order valence-corrected chi connectivity index (χ1v) is 10.7. The molecule has 1 aliphatic carbocycles. The van der Waals surface area contributed by atoms with Crippen molar-refractivity contribution in [3.63, 3.8) is 0 Å². The van der Waals surface area contributed by atoms with Crippen LogP contribution >= 0.6 is 11.6 Å². The second kappa shape index (κ2) is 11.1. The van der Waals surface area contributed by atoms with Crippen molar-refractivity contribution in [2.75, 3.05) is 13.1 Å². The topological polar surface area (TPSA) is 111 Å². The van der Waals surface area contributed by atoms with Gasteiger partial charge in [0.2, 0.25) is 12.2 Å². The first-order valence-electron chi connectivity index (χ1n) is 10.4. The van der Waals surface area contributed by atoms with Gasteiger partial charge in [-0.05, 0) is 24.5 Å². The summed E-state index contributed by atoms with van der Waals surface area (Å²) in [4.78, 5) is 48.4. The van der Waals surface area contributed by atoms with Gasteiger partial charge in [-0.25, -0.2) is 4.79 Å². The molecule has 1 aromatic rings. The van der Waals surface area contributed by atoms with E-state index < -0.39 is 23.8 Å². The van der Waals surface area contributed by atoms with Gasteiger partial charge in [-0.1, -0.05) is 50.1 Å². The average molecular weight is 453 g/mol. The zero-order valence-corrected chi connectivity index (χ0v) is 18.8. The zero-order chi connectivity index (χ0) is 23.0. The number of hydrogen-bond acceptors (Lipinski definition) is 6. The lowest BCUT2D eigenvalue weighted by Gasteiger charge is -2.36. The number of halogens is 1. The van der Waals surface area contributed by atoms with Crippen molar-refractivity contribution in [1.29, 1.82) is 0 Å². The van der Waals surface area contributed by atoms with E-state index in [4.69, 9.17) is 21.1 Å². The van der Waals surface area contributed by atoms with Gasteiger partial charge in [-0.2, -0.15) is 0 Å². The number of carbonyl (C=O) groups is 4. The molecule has 0 heterocycles. The minimum atomic E-state index is -1.17. The van der Waals surface area contributed by atoms with E-state index in [-0.39, 0.29) is 30.7 Å². The van der Waals surface area contributed by atoms with Gasteiger partial charge in [-0.3, -0.25) is 14.4 Å². The highest BCUT2D eigenvalue weighted by atomic mass is 35.5. The second-order valence-corrected chi connectivity index (χ2v) is 8.29. The molecule has 1 saturated carbocycles. The minimum Gasteiger partial charge on any atom is -0.424 e. The number of carbonyl (C=O) groups excluding carboxylic acids is 4. The molecule has 0 aliphatic heterocycles. The van der Waals surface area contributed by atoms with Gasteiger partial charge in [0.05, 0.1) is 5.41 Å². The molecule has 2 amide bonds. The fraction of sp³-hybridized carbons (Fsp3) is 0.545. The number of esters is 1. The highest BCUT2D eigenvalue weighted by molar-refractivity contribution is 6.31. The van der Waals surface area contributed by atoms with Crippen LogP contribution < -0.4 is 10.6 Å². The predicted octanol–water partition coefficient (Wildman–Crippen LogP) is 3.11. The lowest BCUT2D eigenvalue weighted by atomic mass is 9.68. The normalized spacial score (nSPS) is 19.5. The highest BCUT2D eigenvalue weighted by Crippen LogP contribution is 2.39. The molecule has 170 valence electrons. The largest absolute Gasteiger partial charge is 0.424 e. The zero-order valence-electron chi connectivity index (χ0n) is 18.0. The monoisotopic (exact) mass is 452 g/mol. The number of hydrogen-bond donors (Lipinski definition) is 2. The standard InChI is InChI=1S/C22H29ClN2O6/c1-14(2)20(28)24-12-19(27)30-15(3)31-21(29)25-13-22(11-7-6-10-18(22)26)16-8-4-5-9-17(16)23/h4-5,8-9,14-15H,6-7,10-13H2,1-3H3,(H,24,28)(H,25,29)/t15?,22-/m1/s1. The van der Waals surface area contributed by atoms with Gasteiger partial charge in [-0.15, -0.1) is 0 Å². The van der Waals surface area contributed by atoms with Crippen molar-refractivity contribution in [3.05, 3.63) is 34.9 Å². The maximum atomic E-state index is 12.9. The molecule has 1 fully saturated rings. The molecular weight excluding hydrogens is 424 g/mol. The molecule has 1 aromatic carbocycles. The molecule has 1 aliphatic rings. The lowest BCUT2D eigenvalue weighted by Crippen LogP contribution is -2.49. The van der Waals surface area contributed by atoms with Crippen LogP contribution in [0.3, 0.4) is 0 Å². The van der Waals surface area contributed by atoms with Crippen molar-refractivity contribution < 1.29 is 28.7 Å². The van der Waals surface area contributed by atoms with Gasteiger partial charge in [0, 0.05) is 30.8 Å². The van der Waals surface area contributed by atoms with E-state index in [1.807, 2.05) is 6.07 Å². The van der Waals surface area contributed by atoms with Gasteiger partial charge in [0.1, 0.15) is 12.3 Å². The number of Topliss-reactive ketones (excluding diaryl/α,β-unsaturated/α-hetero) is 1. The van der Waals surface area contributed by atoms with E-state index in [0.717, 1.165) is 12.8 Å². The van der Waals surface area contributed by atoms with E-state index >= 15 is 0 Å². The lowest BCUT2D eigenvalue weighted by molar-refractivity contribution is -0.164. The Morgan fingerprint density at radius 1 is 1.10 bits per heavy atom. The Balaban J connectivity index is 1.93. The Kier molecular flexibility index (Phi) is 8.86. The van der Waals surface area contributed by atoms with Gasteiger partial charge in [0.15, 0.2) is 0 Å². The molecule has 2 N–H and O–H groups in total. The van der Waals surface area contributed by atoms with E-state index in [1.54, 1.807) is 32.0 Å². The van der Waals surface area contributed by atoms with Crippen LogP contribution in [0.2, 0.25) is 5.02 Å². The Morgan fingerprint density at radius 2 is 1.81 bits per heavy atom. The van der Waals surface area contributed by atoms with Crippen molar-refractivity contribution in [3.8, 4) is 0 Å².